The number of furan rings is 1. The van der Waals surface area contributed by atoms with Crippen LogP contribution in [0.1, 0.15) is 52.7 Å². The molecule has 348 valence electrons. The molecular formula is C68H47BN4O. The van der Waals surface area contributed by atoms with Crippen molar-refractivity contribution in [2.24, 2.45) is 0 Å². The number of fused-ring (bicyclic) bond motifs is 24. The van der Waals surface area contributed by atoms with Gasteiger partial charge in [-0.05, 0) is 111 Å². The number of rotatable bonds is 1. The highest BCUT2D eigenvalue weighted by atomic mass is 16.3. The molecule has 0 amide bonds. The van der Waals surface area contributed by atoms with E-state index in [1.165, 1.54) is 142 Å². The predicted molar refractivity (Wildman–Crippen MR) is 314 cm³/mol. The van der Waals surface area contributed by atoms with Gasteiger partial charge in [-0.1, -0.05) is 139 Å². The Balaban J connectivity index is 1.11. The number of para-hydroxylation sites is 5. The third kappa shape index (κ3) is 4.59. The zero-order chi connectivity index (χ0) is 49.0. The predicted octanol–water partition coefficient (Wildman–Crippen LogP) is 17.0. The Morgan fingerprint density at radius 1 is 0.378 bits per heavy atom. The van der Waals surface area contributed by atoms with Crippen molar-refractivity contribution in [2.45, 2.75) is 52.4 Å². The van der Waals surface area contributed by atoms with Gasteiger partial charge in [-0.2, -0.15) is 0 Å². The average Bonchev–Trinajstić information content (AvgIpc) is 4.28. The van der Waals surface area contributed by atoms with E-state index in [2.05, 4.69) is 236 Å². The van der Waals surface area contributed by atoms with E-state index in [1.807, 2.05) is 0 Å². The maximum atomic E-state index is 7.18. The second kappa shape index (κ2) is 12.9. The van der Waals surface area contributed by atoms with E-state index in [1.54, 1.807) is 0 Å². The molecule has 74 heavy (non-hydrogen) atoms. The van der Waals surface area contributed by atoms with Gasteiger partial charge in [0.25, 0.3) is 0 Å². The largest absolute Gasteiger partial charge is 0.456 e. The van der Waals surface area contributed by atoms with E-state index in [0.717, 1.165) is 27.9 Å². The topological polar surface area (TPSA) is 30.1 Å². The number of nitrogens with zero attached hydrogens (tertiary/aromatic N) is 4. The van der Waals surface area contributed by atoms with Gasteiger partial charge in [0, 0.05) is 104 Å². The Hall–Kier alpha value is -8.74. The summed E-state index contributed by atoms with van der Waals surface area (Å²) in [6.45, 7) is 13.9. The van der Waals surface area contributed by atoms with Crippen LogP contribution < -0.4 is 15.8 Å². The van der Waals surface area contributed by atoms with Gasteiger partial charge in [0.1, 0.15) is 11.2 Å². The van der Waals surface area contributed by atoms with Crippen molar-refractivity contribution in [3.05, 3.63) is 187 Å². The molecular weight excluding hydrogens is 900 g/mol. The first-order chi connectivity index (χ1) is 36.0. The smallest absolute Gasteiger partial charge is 0.333 e. The van der Waals surface area contributed by atoms with Crippen LogP contribution in [-0.4, -0.2) is 20.1 Å². The molecule has 0 bridgehead atoms. The highest BCUT2D eigenvalue weighted by molar-refractivity contribution is 6.92. The Morgan fingerprint density at radius 3 is 1.55 bits per heavy atom. The summed E-state index contributed by atoms with van der Waals surface area (Å²) < 4.78 is 15.0. The minimum atomic E-state index is -0.198. The molecule has 0 atom stereocenters. The number of hydrogen-bond acceptors (Lipinski definition) is 2. The number of hydrogen-bond donors (Lipinski definition) is 0. The number of aromatic nitrogens is 3. The molecule has 16 aromatic rings. The molecule has 0 fully saturated rings. The Kier molecular flexibility index (Phi) is 6.94. The van der Waals surface area contributed by atoms with Crippen LogP contribution in [0, 0.1) is 0 Å². The third-order valence-corrected chi connectivity index (χ3v) is 17.7. The SMILES string of the molecule is CC(C)(C)c1ccc2c(c1)c1cc(C(C)(C)C)cc3c1n2B1c2c(cc4oc5ccccc5c4c2-3)N(c2cc3c4ccccc4n4c5ccccc5c(c2)c34)c2cc3c4ccccc4n4c5ccccc5c(c21)c34. The summed E-state index contributed by atoms with van der Waals surface area (Å²) >= 11 is 0. The van der Waals surface area contributed by atoms with Crippen molar-refractivity contribution in [3.63, 3.8) is 0 Å². The molecule has 10 aromatic carbocycles. The fourth-order valence-electron chi connectivity index (χ4n) is 14.5. The number of anilines is 3. The Bertz CT molecular complexity index is 5160. The maximum Gasteiger partial charge on any atom is 0.333 e. The highest BCUT2D eigenvalue weighted by Crippen LogP contribution is 2.54. The normalized spacial score (nSPS) is 14.0. The summed E-state index contributed by atoms with van der Waals surface area (Å²) in [5, 5.41) is 15.1. The summed E-state index contributed by atoms with van der Waals surface area (Å²) in [4.78, 5) is 2.66. The lowest BCUT2D eigenvalue weighted by molar-refractivity contribution is 0.590. The maximum absolute atomic E-state index is 7.18. The van der Waals surface area contributed by atoms with Crippen LogP contribution in [0.25, 0.3) is 131 Å². The van der Waals surface area contributed by atoms with Gasteiger partial charge < -0.3 is 22.6 Å². The van der Waals surface area contributed by atoms with Crippen molar-refractivity contribution in [1.82, 2.24) is 13.3 Å². The van der Waals surface area contributed by atoms with Gasteiger partial charge in [0.2, 0.25) is 0 Å². The summed E-state index contributed by atoms with van der Waals surface area (Å²) in [7, 11) is 0. The van der Waals surface area contributed by atoms with Gasteiger partial charge in [0.15, 0.2) is 0 Å². The van der Waals surface area contributed by atoms with Crippen LogP contribution in [0.5, 0.6) is 0 Å². The van der Waals surface area contributed by atoms with Gasteiger partial charge >= 0.3 is 6.85 Å². The lowest BCUT2D eigenvalue weighted by atomic mass is 9.44. The van der Waals surface area contributed by atoms with Gasteiger partial charge in [-0.3, -0.25) is 0 Å². The molecule has 2 aliphatic rings. The van der Waals surface area contributed by atoms with Gasteiger partial charge in [-0.15, -0.1) is 0 Å². The van der Waals surface area contributed by atoms with E-state index in [0.29, 0.717) is 0 Å². The fraction of sp³-hybridized carbons (Fsp3) is 0.118. The second-order valence-electron chi connectivity index (χ2n) is 23.6. The Morgan fingerprint density at radius 2 is 0.905 bits per heavy atom. The van der Waals surface area contributed by atoms with Crippen LogP contribution in [0.3, 0.4) is 0 Å². The molecule has 0 unspecified atom stereocenters. The molecule has 2 aliphatic heterocycles. The highest BCUT2D eigenvalue weighted by Gasteiger charge is 2.47. The standard InChI is InChI=1S/C68H47BN4O/c1-67(2,3)36-27-28-54-44(29-36)45-30-37(68(4,5)6)31-49-60-59-43-21-11-16-26-57(43)74-58(59)35-56-62(60)69(73(54)65(45)49)63-55(34-48-41-19-9-14-24-52(41)72-53-25-15-10-20-42(53)61(63)66(48)72)70(56)38-32-46-39-17-7-12-22-50(39)71-51-23-13-8-18-40(51)47(33-38)64(46)71/h7-35H,1-6H3. The minimum absolute atomic E-state index is 0.0356. The van der Waals surface area contributed by atoms with Crippen molar-refractivity contribution >= 4 is 155 Å². The molecule has 8 heterocycles. The molecule has 0 saturated carbocycles. The van der Waals surface area contributed by atoms with Crippen molar-refractivity contribution in [2.75, 3.05) is 4.90 Å². The molecule has 0 N–H and O–H groups in total. The van der Waals surface area contributed by atoms with Crippen molar-refractivity contribution < 1.29 is 4.42 Å². The second-order valence-corrected chi connectivity index (χ2v) is 23.6. The van der Waals surface area contributed by atoms with E-state index >= 15 is 0 Å². The summed E-state index contributed by atoms with van der Waals surface area (Å²) in [5.41, 5.74) is 23.0. The summed E-state index contributed by atoms with van der Waals surface area (Å²) in [5.74, 6) is 0. The first-order valence-electron chi connectivity index (χ1n) is 26.3. The fourth-order valence-corrected chi connectivity index (χ4v) is 14.5. The lowest BCUT2D eigenvalue weighted by Crippen LogP contribution is -2.57. The third-order valence-electron chi connectivity index (χ3n) is 17.7. The van der Waals surface area contributed by atoms with Crippen LogP contribution in [-0.2, 0) is 10.8 Å². The van der Waals surface area contributed by atoms with Crippen molar-refractivity contribution in [3.8, 4) is 11.1 Å². The van der Waals surface area contributed by atoms with Gasteiger partial charge in [-0.25, -0.2) is 0 Å². The first-order valence-corrected chi connectivity index (χ1v) is 26.3. The zero-order valence-corrected chi connectivity index (χ0v) is 42.0. The van der Waals surface area contributed by atoms with Crippen LogP contribution in [0.15, 0.2) is 180 Å². The van der Waals surface area contributed by atoms with Crippen LogP contribution >= 0.6 is 0 Å². The molecule has 5 nitrogen and oxygen atoms in total. The molecule has 6 aromatic heterocycles. The minimum Gasteiger partial charge on any atom is -0.456 e. The lowest BCUT2D eigenvalue weighted by Gasteiger charge is -2.41. The molecule has 0 spiro atoms. The molecule has 0 radical (unpaired) electrons. The summed E-state index contributed by atoms with van der Waals surface area (Å²) in [6, 6.07) is 67.3. The van der Waals surface area contributed by atoms with Crippen molar-refractivity contribution in [1.29, 1.82) is 0 Å². The van der Waals surface area contributed by atoms with Gasteiger partial charge in [0.05, 0.1) is 33.1 Å². The number of benzene rings is 10. The Labute approximate surface area is 425 Å². The van der Waals surface area contributed by atoms with E-state index < -0.39 is 0 Å². The zero-order valence-electron chi connectivity index (χ0n) is 42.0. The molecule has 18 rings (SSSR count). The summed E-state index contributed by atoms with van der Waals surface area (Å²) in [6.07, 6.45) is 0. The quantitative estimate of drug-likeness (QED) is 0.154. The average molecular weight is 947 g/mol. The van der Waals surface area contributed by atoms with E-state index in [-0.39, 0.29) is 17.7 Å². The van der Waals surface area contributed by atoms with Crippen LogP contribution in [0.4, 0.5) is 17.1 Å². The van der Waals surface area contributed by atoms with E-state index in [4.69, 9.17) is 4.42 Å². The molecule has 0 aliphatic carbocycles. The monoisotopic (exact) mass is 946 g/mol. The first kappa shape index (κ1) is 39.8. The molecule has 6 heteroatoms. The van der Waals surface area contributed by atoms with E-state index in [9.17, 15) is 0 Å². The van der Waals surface area contributed by atoms with Crippen LogP contribution in [0.2, 0.25) is 0 Å². The molecule has 0 saturated heterocycles.